The maximum atomic E-state index is 11.6. The van der Waals surface area contributed by atoms with Gasteiger partial charge in [-0.05, 0) is 5.25 Å². The fourth-order valence-corrected chi connectivity index (χ4v) is 1.96. The van der Waals surface area contributed by atoms with Gasteiger partial charge in [-0.15, -0.1) is 0 Å². The van der Waals surface area contributed by atoms with E-state index in [9.17, 15) is 14.4 Å². The van der Waals surface area contributed by atoms with E-state index in [1.165, 1.54) is 18.9 Å². The summed E-state index contributed by atoms with van der Waals surface area (Å²) in [6.45, 7) is 3.91. The Bertz CT molecular complexity index is 335. The van der Waals surface area contributed by atoms with Crippen LogP contribution >= 0.6 is 11.8 Å². The number of hydrogen-bond acceptors (Lipinski definition) is 6. The van der Waals surface area contributed by atoms with Crippen molar-refractivity contribution < 1.29 is 24.2 Å². The summed E-state index contributed by atoms with van der Waals surface area (Å²) in [5, 5.41) is 11.2. The van der Waals surface area contributed by atoms with Gasteiger partial charge < -0.3 is 20.9 Å². The third-order valence-electron chi connectivity index (χ3n) is 2.13. The van der Waals surface area contributed by atoms with Gasteiger partial charge in [-0.1, -0.05) is 13.8 Å². The highest BCUT2D eigenvalue weighted by Gasteiger charge is 2.25. The molecule has 4 N–H and O–H groups in total. The predicted octanol–water partition coefficient (Wildman–Crippen LogP) is -0.412. The molecule has 0 aliphatic heterocycles. The first-order chi connectivity index (χ1) is 8.77. The van der Waals surface area contributed by atoms with Crippen LogP contribution in [0.25, 0.3) is 0 Å². The number of nitrogens with two attached hydrogens (primary N) is 1. The Hall–Kier alpha value is -1.28. The lowest BCUT2D eigenvalue weighted by molar-refractivity contribution is -0.144. The molecule has 0 fully saturated rings. The van der Waals surface area contributed by atoms with Gasteiger partial charge in [0, 0.05) is 5.75 Å². The Morgan fingerprint density at radius 3 is 2.37 bits per heavy atom. The van der Waals surface area contributed by atoms with Gasteiger partial charge in [0.1, 0.15) is 6.04 Å². The molecule has 0 aliphatic rings. The lowest BCUT2D eigenvalue weighted by atomic mass is 10.2. The molecule has 1 amide bonds. The summed E-state index contributed by atoms with van der Waals surface area (Å²) in [6.07, 6.45) is -0.489. The number of nitrogens with one attached hydrogen (secondary N) is 1. The van der Waals surface area contributed by atoms with Crippen LogP contribution in [0.3, 0.4) is 0 Å². The fraction of sp³-hybridized carbons (Fsp3) is 0.727. The number of carboxylic acids is 1. The maximum absolute atomic E-state index is 11.6. The van der Waals surface area contributed by atoms with E-state index in [-0.39, 0.29) is 5.25 Å². The number of carbonyl (C=O) groups excluding carboxylic acids is 2. The van der Waals surface area contributed by atoms with Crippen LogP contribution in [-0.2, 0) is 19.1 Å². The molecule has 0 heterocycles. The average Bonchev–Trinajstić information content (AvgIpc) is 2.31. The second-order valence-electron chi connectivity index (χ2n) is 4.17. The Morgan fingerprint density at radius 2 is 1.95 bits per heavy atom. The fourth-order valence-electron chi connectivity index (χ4n) is 1.16. The molecule has 7 nitrogen and oxygen atoms in total. The zero-order chi connectivity index (χ0) is 15.0. The van der Waals surface area contributed by atoms with E-state index < -0.39 is 36.4 Å². The summed E-state index contributed by atoms with van der Waals surface area (Å²) < 4.78 is 4.58. The molecule has 0 saturated heterocycles. The van der Waals surface area contributed by atoms with Crippen LogP contribution in [0.4, 0.5) is 0 Å². The largest absolute Gasteiger partial charge is 0.481 e. The Balaban J connectivity index is 4.49. The van der Waals surface area contributed by atoms with Crippen molar-refractivity contribution in [1.29, 1.82) is 0 Å². The molecule has 2 atom stereocenters. The van der Waals surface area contributed by atoms with E-state index in [1.54, 1.807) is 0 Å². The van der Waals surface area contributed by atoms with Crippen LogP contribution in [0.5, 0.6) is 0 Å². The number of amides is 1. The number of carbonyl (C=O) groups is 3. The molecule has 2 unspecified atom stereocenters. The second kappa shape index (κ2) is 8.76. The van der Waals surface area contributed by atoms with Gasteiger partial charge in [0.2, 0.25) is 5.91 Å². The van der Waals surface area contributed by atoms with E-state index in [4.69, 9.17) is 10.8 Å². The van der Waals surface area contributed by atoms with Crippen molar-refractivity contribution in [3.8, 4) is 0 Å². The van der Waals surface area contributed by atoms with E-state index in [1.807, 2.05) is 13.8 Å². The van der Waals surface area contributed by atoms with Gasteiger partial charge in [0.15, 0.2) is 0 Å². The standard InChI is InChI=1S/C11H20N2O5S/c1-6(2)19-5-8(11(17)18-3)13-10(16)7(12)4-9(14)15/h6-8H,4-5,12H2,1-3H3,(H,13,16)(H,14,15). The quantitative estimate of drug-likeness (QED) is 0.520. The molecule has 0 aliphatic carbocycles. The van der Waals surface area contributed by atoms with Crippen molar-refractivity contribution in [2.24, 2.45) is 5.73 Å². The van der Waals surface area contributed by atoms with Gasteiger partial charge in [0.05, 0.1) is 19.6 Å². The molecular formula is C11H20N2O5S. The van der Waals surface area contributed by atoms with Crippen LogP contribution in [-0.4, -0.2) is 53.1 Å². The molecule has 19 heavy (non-hydrogen) atoms. The van der Waals surface area contributed by atoms with Crippen molar-refractivity contribution >= 4 is 29.6 Å². The molecule has 0 spiro atoms. The van der Waals surface area contributed by atoms with Crippen molar-refractivity contribution in [2.75, 3.05) is 12.9 Å². The van der Waals surface area contributed by atoms with Gasteiger partial charge >= 0.3 is 11.9 Å². The van der Waals surface area contributed by atoms with E-state index >= 15 is 0 Å². The van der Waals surface area contributed by atoms with Crippen molar-refractivity contribution in [3.05, 3.63) is 0 Å². The number of rotatable bonds is 8. The minimum Gasteiger partial charge on any atom is -0.481 e. The third-order valence-corrected chi connectivity index (χ3v) is 3.32. The molecular weight excluding hydrogens is 272 g/mol. The number of esters is 1. The van der Waals surface area contributed by atoms with Crippen LogP contribution in [0.1, 0.15) is 20.3 Å². The number of methoxy groups -OCH3 is 1. The second-order valence-corrected chi connectivity index (χ2v) is 5.78. The Kier molecular flexibility index (Phi) is 8.17. The van der Waals surface area contributed by atoms with Gasteiger partial charge in [-0.2, -0.15) is 11.8 Å². The summed E-state index contributed by atoms with van der Waals surface area (Å²) in [6, 6.07) is -2.02. The summed E-state index contributed by atoms with van der Waals surface area (Å²) in [4.78, 5) is 33.6. The minimum atomic E-state index is -1.19. The number of hydrogen-bond donors (Lipinski definition) is 3. The van der Waals surface area contributed by atoms with Crippen molar-refractivity contribution in [3.63, 3.8) is 0 Å². The first kappa shape index (κ1) is 17.7. The maximum Gasteiger partial charge on any atom is 0.329 e. The summed E-state index contributed by atoms with van der Waals surface area (Å²) >= 11 is 1.48. The lowest BCUT2D eigenvalue weighted by Gasteiger charge is -2.19. The number of carboxylic acid groups (broad SMARTS) is 1. The highest BCUT2D eigenvalue weighted by molar-refractivity contribution is 7.99. The van der Waals surface area contributed by atoms with Crippen LogP contribution < -0.4 is 11.1 Å². The smallest absolute Gasteiger partial charge is 0.329 e. The molecule has 0 radical (unpaired) electrons. The number of aliphatic carboxylic acids is 1. The number of thioether (sulfide) groups is 1. The third kappa shape index (κ3) is 7.68. The molecule has 0 rings (SSSR count). The molecule has 0 aromatic carbocycles. The van der Waals surface area contributed by atoms with Crippen LogP contribution in [0, 0.1) is 0 Å². The Morgan fingerprint density at radius 1 is 1.37 bits per heavy atom. The normalized spacial score (nSPS) is 13.7. The highest BCUT2D eigenvalue weighted by Crippen LogP contribution is 2.11. The predicted molar refractivity (Wildman–Crippen MR) is 71.8 cm³/mol. The van der Waals surface area contributed by atoms with E-state index in [0.717, 1.165) is 0 Å². The van der Waals surface area contributed by atoms with E-state index in [2.05, 4.69) is 10.1 Å². The van der Waals surface area contributed by atoms with Gasteiger partial charge in [-0.3, -0.25) is 9.59 Å². The summed E-state index contributed by atoms with van der Waals surface area (Å²) in [5.74, 6) is -2.09. The molecule has 0 aromatic heterocycles. The summed E-state index contributed by atoms with van der Waals surface area (Å²) in [7, 11) is 1.22. The van der Waals surface area contributed by atoms with Crippen molar-refractivity contribution in [2.45, 2.75) is 37.6 Å². The molecule has 0 aromatic rings. The zero-order valence-corrected chi connectivity index (χ0v) is 12.0. The monoisotopic (exact) mass is 292 g/mol. The zero-order valence-electron chi connectivity index (χ0n) is 11.2. The molecule has 0 bridgehead atoms. The van der Waals surface area contributed by atoms with Crippen molar-refractivity contribution in [1.82, 2.24) is 5.32 Å². The Labute approximate surface area is 116 Å². The first-order valence-electron chi connectivity index (χ1n) is 5.75. The minimum absolute atomic E-state index is 0.289. The molecule has 110 valence electrons. The SMILES string of the molecule is COC(=O)C(CSC(C)C)NC(=O)C(N)CC(=O)O. The highest BCUT2D eigenvalue weighted by atomic mass is 32.2. The number of ether oxygens (including phenoxy) is 1. The first-order valence-corrected chi connectivity index (χ1v) is 6.80. The van der Waals surface area contributed by atoms with Crippen LogP contribution in [0.2, 0.25) is 0 Å². The van der Waals surface area contributed by atoms with Gasteiger partial charge in [-0.25, -0.2) is 4.79 Å². The lowest BCUT2D eigenvalue weighted by Crippen LogP contribution is -2.50. The average molecular weight is 292 g/mol. The van der Waals surface area contributed by atoms with Crippen LogP contribution in [0.15, 0.2) is 0 Å². The van der Waals surface area contributed by atoms with Gasteiger partial charge in [0.25, 0.3) is 0 Å². The van der Waals surface area contributed by atoms with E-state index in [0.29, 0.717) is 5.75 Å². The summed E-state index contributed by atoms with van der Waals surface area (Å²) in [5.41, 5.74) is 5.41. The molecule has 0 saturated carbocycles. The molecule has 8 heteroatoms. The topological polar surface area (TPSA) is 119 Å².